The third kappa shape index (κ3) is 5.35. The highest BCUT2D eigenvalue weighted by atomic mass is 32.1. The summed E-state index contributed by atoms with van der Waals surface area (Å²) in [5.74, 6) is 2.19. The van der Waals surface area contributed by atoms with Gasteiger partial charge in [0, 0.05) is 36.4 Å². The van der Waals surface area contributed by atoms with Gasteiger partial charge in [-0.25, -0.2) is 14.4 Å². The summed E-state index contributed by atoms with van der Waals surface area (Å²) in [5.41, 5.74) is 4.52. The first-order valence-electron chi connectivity index (χ1n) is 11.6. The third-order valence-electron chi connectivity index (χ3n) is 5.90. The maximum Gasteiger partial charge on any atom is 0.228 e. The van der Waals surface area contributed by atoms with Crippen molar-refractivity contribution in [2.75, 3.05) is 18.7 Å². The van der Waals surface area contributed by atoms with Gasteiger partial charge in [-0.3, -0.25) is 0 Å². The number of alkyl halides is 1. The van der Waals surface area contributed by atoms with E-state index in [9.17, 15) is 4.39 Å². The Labute approximate surface area is 208 Å². The standard InChI is InChI=1S/C28H27FN4OS/c1-19-16-25-27(31-26(32-28(25)35-19)23-13-15-33(2)17-23)30-14-3-4-20-5-7-21(8-6-20)22-9-11-24(12-10-22)34-18-29/h5-13,15-17H,3-4,14,18H2,1-2H3,(H,30,31,32). The van der Waals surface area contributed by atoms with Crippen molar-refractivity contribution >= 4 is 27.4 Å². The second kappa shape index (κ2) is 10.3. The van der Waals surface area contributed by atoms with E-state index < -0.39 is 6.86 Å². The van der Waals surface area contributed by atoms with Crippen LogP contribution >= 0.6 is 11.3 Å². The van der Waals surface area contributed by atoms with Gasteiger partial charge in [0.15, 0.2) is 5.82 Å². The number of aryl methyl sites for hydroxylation is 3. The minimum atomic E-state index is -0.813. The van der Waals surface area contributed by atoms with Crippen molar-refractivity contribution in [3.05, 3.63) is 83.5 Å². The van der Waals surface area contributed by atoms with Gasteiger partial charge in [-0.05, 0) is 60.7 Å². The third-order valence-corrected chi connectivity index (χ3v) is 6.85. The molecule has 0 unspecified atom stereocenters. The molecule has 7 heteroatoms. The first-order valence-corrected chi connectivity index (χ1v) is 12.4. The molecule has 0 fully saturated rings. The smallest absolute Gasteiger partial charge is 0.228 e. The number of aromatic nitrogens is 3. The van der Waals surface area contributed by atoms with E-state index in [-0.39, 0.29) is 0 Å². The molecular weight excluding hydrogens is 459 g/mol. The highest BCUT2D eigenvalue weighted by Gasteiger charge is 2.12. The maximum absolute atomic E-state index is 12.3. The summed E-state index contributed by atoms with van der Waals surface area (Å²) in [4.78, 5) is 11.9. The van der Waals surface area contributed by atoms with Gasteiger partial charge in [0.1, 0.15) is 16.4 Å². The molecular formula is C28H27FN4OS. The molecule has 0 aliphatic heterocycles. The number of rotatable bonds is 9. The number of nitrogens with zero attached hydrogens (tertiary/aromatic N) is 3. The lowest BCUT2D eigenvalue weighted by atomic mass is 10.0. The van der Waals surface area contributed by atoms with Crippen molar-refractivity contribution in [3.63, 3.8) is 0 Å². The maximum atomic E-state index is 12.3. The number of fused-ring (bicyclic) bond motifs is 1. The normalized spacial score (nSPS) is 11.2. The molecule has 0 amide bonds. The van der Waals surface area contributed by atoms with Crippen molar-refractivity contribution in [3.8, 4) is 28.3 Å². The average Bonchev–Trinajstić information content (AvgIpc) is 3.47. The van der Waals surface area contributed by atoms with E-state index in [1.165, 1.54) is 10.4 Å². The minimum Gasteiger partial charge on any atom is -0.463 e. The Balaban J connectivity index is 1.22. The SMILES string of the molecule is Cc1cc2c(NCCCc3ccc(-c4ccc(OCF)cc4)cc3)nc(-c3ccn(C)c3)nc2s1. The molecule has 0 aliphatic carbocycles. The molecule has 35 heavy (non-hydrogen) atoms. The van der Waals surface area contributed by atoms with E-state index >= 15 is 0 Å². The number of anilines is 1. The topological polar surface area (TPSA) is 52.0 Å². The van der Waals surface area contributed by atoms with Crippen LogP contribution in [-0.4, -0.2) is 27.9 Å². The van der Waals surface area contributed by atoms with Gasteiger partial charge in [0.05, 0.1) is 5.39 Å². The van der Waals surface area contributed by atoms with Gasteiger partial charge in [0.25, 0.3) is 0 Å². The second-order valence-electron chi connectivity index (χ2n) is 8.54. The van der Waals surface area contributed by atoms with Crippen LogP contribution in [0.2, 0.25) is 0 Å². The molecule has 3 heterocycles. The summed E-state index contributed by atoms with van der Waals surface area (Å²) in [6, 6.07) is 20.3. The van der Waals surface area contributed by atoms with Gasteiger partial charge in [-0.1, -0.05) is 36.4 Å². The molecule has 1 N–H and O–H groups in total. The summed E-state index contributed by atoms with van der Waals surface area (Å²) in [7, 11) is 2.00. The molecule has 0 radical (unpaired) electrons. The fourth-order valence-corrected chi connectivity index (χ4v) is 4.99. The zero-order valence-corrected chi connectivity index (χ0v) is 20.6. The van der Waals surface area contributed by atoms with Crippen LogP contribution in [0.25, 0.3) is 32.7 Å². The number of halogens is 1. The Morgan fingerprint density at radius 2 is 1.71 bits per heavy atom. The fraction of sp³-hybridized carbons (Fsp3) is 0.214. The fourth-order valence-electron chi connectivity index (χ4n) is 4.11. The van der Waals surface area contributed by atoms with Crippen LogP contribution in [0.3, 0.4) is 0 Å². The Kier molecular flexibility index (Phi) is 6.77. The van der Waals surface area contributed by atoms with Crippen molar-refractivity contribution in [1.29, 1.82) is 0 Å². The van der Waals surface area contributed by atoms with Gasteiger partial charge >= 0.3 is 0 Å². The number of hydrogen-bond donors (Lipinski definition) is 1. The molecule has 0 atom stereocenters. The van der Waals surface area contributed by atoms with E-state index in [2.05, 4.69) is 42.6 Å². The molecule has 0 saturated heterocycles. The van der Waals surface area contributed by atoms with Crippen LogP contribution in [0, 0.1) is 6.92 Å². The van der Waals surface area contributed by atoms with Gasteiger partial charge < -0.3 is 14.6 Å². The van der Waals surface area contributed by atoms with Gasteiger partial charge in [-0.2, -0.15) is 0 Å². The molecule has 0 aliphatic rings. The number of ether oxygens (including phenoxy) is 1. The van der Waals surface area contributed by atoms with E-state index in [0.29, 0.717) is 5.75 Å². The molecule has 0 spiro atoms. The Morgan fingerprint density at radius 1 is 0.971 bits per heavy atom. The predicted octanol–water partition coefficient (Wildman–Crippen LogP) is 7.02. The average molecular weight is 487 g/mol. The minimum absolute atomic E-state index is 0.537. The Bertz CT molecular complexity index is 1420. The molecule has 5 aromatic rings. The van der Waals surface area contributed by atoms with Crippen LogP contribution in [0.5, 0.6) is 5.75 Å². The quantitative estimate of drug-likeness (QED) is 0.227. The zero-order chi connectivity index (χ0) is 24.2. The molecule has 5 nitrogen and oxygen atoms in total. The monoisotopic (exact) mass is 486 g/mol. The van der Waals surface area contributed by atoms with E-state index in [4.69, 9.17) is 14.7 Å². The summed E-state index contributed by atoms with van der Waals surface area (Å²) in [6.07, 6.45) is 6.02. The molecule has 0 saturated carbocycles. The zero-order valence-electron chi connectivity index (χ0n) is 19.8. The molecule has 178 valence electrons. The summed E-state index contributed by atoms with van der Waals surface area (Å²) in [5, 5.41) is 4.63. The van der Waals surface area contributed by atoms with Crippen LogP contribution in [0.4, 0.5) is 10.2 Å². The lowest BCUT2D eigenvalue weighted by Crippen LogP contribution is -2.06. The largest absolute Gasteiger partial charge is 0.463 e. The number of benzene rings is 2. The lowest BCUT2D eigenvalue weighted by molar-refractivity contribution is 0.192. The molecule has 0 bridgehead atoms. The summed E-state index contributed by atoms with van der Waals surface area (Å²) >= 11 is 1.70. The first kappa shape index (κ1) is 23.1. The Morgan fingerprint density at radius 3 is 2.40 bits per heavy atom. The number of thiophene rings is 1. The highest BCUT2D eigenvalue weighted by molar-refractivity contribution is 7.18. The van der Waals surface area contributed by atoms with Gasteiger partial charge in [-0.15, -0.1) is 11.3 Å². The van der Waals surface area contributed by atoms with E-state index in [1.54, 1.807) is 23.5 Å². The lowest BCUT2D eigenvalue weighted by Gasteiger charge is -2.09. The van der Waals surface area contributed by atoms with Crippen LogP contribution < -0.4 is 10.1 Å². The van der Waals surface area contributed by atoms with Crippen LogP contribution in [-0.2, 0) is 13.5 Å². The van der Waals surface area contributed by atoms with E-state index in [0.717, 1.165) is 57.9 Å². The number of hydrogen-bond acceptors (Lipinski definition) is 5. The van der Waals surface area contributed by atoms with Crippen molar-refractivity contribution in [2.24, 2.45) is 7.05 Å². The highest BCUT2D eigenvalue weighted by Crippen LogP contribution is 2.31. The Hall–Kier alpha value is -3.71. The summed E-state index contributed by atoms with van der Waals surface area (Å²) in [6.45, 7) is 2.12. The van der Waals surface area contributed by atoms with Crippen molar-refractivity contribution in [1.82, 2.24) is 14.5 Å². The second-order valence-corrected chi connectivity index (χ2v) is 9.78. The summed E-state index contributed by atoms with van der Waals surface area (Å²) < 4.78 is 19.2. The molecule has 3 aromatic heterocycles. The molecule has 2 aromatic carbocycles. The van der Waals surface area contributed by atoms with Crippen LogP contribution in [0.15, 0.2) is 73.1 Å². The first-order chi connectivity index (χ1) is 17.1. The van der Waals surface area contributed by atoms with E-state index in [1.807, 2.05) is 42.2 Å². The van der Waals surface area contributed by atoms with Gasteiger partial charge in [0.2, 0.25) is 6.86 Å². The predicted molar refractivity (Wildman–Crippen MR) is 142 cm³/mol. The van der Waals surface area contributed by atoms with Crippen molar-refractivity contribution in [2.45, 2.75) is 19.8 Å². The van der Waals surface area contributed by atoms with Crippen LogP contribution in [0.1, 0.15) is 16.9 Å². The number of nitrogens with one attached hydrogen (secondary N) is 1. The van der Waals surface area contributed by atoms with Crippen molar-refractivity contribution < 1.29 is 9.13 Å². The molecule has 5 rings (SSSR count).